The highest BCUT2D eigenvalue weighted by Crippen LogP contribution is 2.27. The second kappa shape index (κ2) is 5.28. The van der Waals surface area contributed by atoms with Gasteiger partial charge in [0.2, 0.25) is 0 Å². The van der Waals surface area contributed by atoms with E-state index >= 15 is 0 Å². The van der Waals surface area contributed by atoms with Gasteiger partial charge < -0.3 is 0 Å². The molecule has 0 saturated carbocycles. The molecular weight excluding hydrogens is 274 g/mol. The minimum atomic E-state index is -3.59. The lowest BCUT2D eigenvalue weighted by Gasteiger charge is -2.23. The number of sulfonamides is 1. The van der Waals surface area contributed by atoms with Crippen LogP contribution in [0.15, 0.2) is 35.2 Å². The van der Waals surface area contributed by atoms with Gasteiger partial charge in [0.1, 0.15) is 4.90 Å². The van der Waals surface area contributed by atoms with Crippen molar-refractivity contribution >= 4 is 15.7 Å². The van der Waals surface area contributed by atoms with Crippen LogP contribution in [0.3, 0.4) is 0 Å². The first kappa shape index (κ1) is 14.6. The average Bonchev–Trinajstić information content (AvgIpc) is 2.65. The van der Waals surface area contributed by atoms with Crippen LogP contribution in [0.1, 0.15) is 18.3 Å². The normalized spacial score (nSPS) is 11.6. The summed E-state index contributed by atoms with van der Waals surface area (Å²) in [7, 11) is -1.84. The van der Waals surface area contributed by atoms with E-state index in [4.69, 9.17) is 0 Å². The third-order valence-corrected chi connectivity index (χ3v) is 5.48. The molecule has 108 valence electrons. The summed E-state index contributed by atoms with van der Waals surface area (Å²) in [6.45, 7) is 5.69. The Morgan fingerprint density at radius 1 is 1.20 bits per heavy atom. The number of nitrogens with zero attached hydrogens (tertiary/aromatic N) is 3. The number of anilines is 1. The standard InChI is InChI=1S/C14H19N3O2S/c1-5-17(13-9-7-6-8-10-13)20(18,19)14-11(2)15-16(4)12(14)3/h6-10H,5H2,1-4H3. The molecule has 0 spiro atoms. The highest BCUT2D eigenvalue weighted by molar-refractivity contribution is 7.93. The maximum Gasteiger partial charge on any atom is 0.267 e. The first-order valence-corrected chi connectivity index (χ1v) is 7.91. The summed E-state index contributed by atoms with van der Waals surface area (Å²) in [6, 6.07) is 9.11. The van der Waals surface area contributed by atoms with E-state index in [2.05, 4.69) is 5.10 Å². The van der Waals surface area contributed by atoms with Crippen LogP contribution in [0.4, 0.5) is 5.69 Å². The quantitative estimate of drug-likeness (QED) is 0.869. The van der Waals surface area contributed by atoms with E-state index < -0.39 is 10.0 Å². The molecule has 2 rings (SSSR count). The predicted molar refractivity (Wildman–Crippen MR) is 79.3 cm³/mol. The second-order valence-electron chi connectivity index (χ2n) is 4.63. The minimum Gasteiger partial charge on any atom is -0.271 e. The van der Waals surface area contributed by atoms with Gasteiger partial charge in [-0.05, 0) is 32.9 Å². The van der Waals surface area contributed by atoms with E-state index in [-0.39, 0.29) is 0 Å². The zero-order valence-electron chi connectivity index (χ0n) is 12.2. The highest BCUT2D eigenvalue weighted by atomic mass is 32.2. The predicted octanol–water partition coefficient (Wildman–Crippen LogP) is 2.25. The molecule has 0 aliphatic heterocycles. The number of hydrogen-bond acceptors (Lipinski definition) is 3. The van der Waals surface area contributed by atoms with Gasteiger partial charge in [0.25, 0.3) is 10.0 Å². The summed E-state index contributed by atoms with van der Waals surface area (Å²) in [5, 5.41) is 4.20. The first-order valence-electron chi connectivity index (χ1n) is 6.47. The van der Waals surface area contributed by atoms with Crippen LogP contribution in [0, 0.1) is 13.8 Å². The van der Waals surface area contributed by atoms with Gasteiger partial charge in [-0.25, -0.2) is 8.42 Å². The molecule has 6 heteroatoms. The Kier molecular flexibility index (Phi) is 3.85. The fraction of sp³-hybridized carbons (Fsp3) is 0.357. The highest BCUT2D eigenvalue weighted by Gasteiger charge is 2.29. The van der Waals surface area contributed by atoms with E-state index in [0.717, 1.165) is 0 Å². The van der Waals surface area contributed by atoms with Gasteiger partial charge in [-0.1, -0.05) is 18.2 Å². The molecule has 20 heavy (non-hydrogen) atoms. The summed E-state index contributed by atoms with van der Waals surface area (Å²) in [5.41, 5.74) is 1.84. The third kappa shape index (κ3) is 2.31. The molecule has 0 aliphatic rings. The topological polar surface area (TPSA) is 55.2 Å². The molecule has 0 amide bonds. The summed E-state index contributed by atoms with van der Waals surface area (Å²) < 4.78 is 28.8. The van der Waals surface area contributed by atoms with Gasteiger partial charge >= 0.3 is 0 Å². The van der Waals surface area contributed by atoms with Crippen molar-refractivity contribution in [3.8, 4) is 0 Å². The average molecular weight is 293 g/mol. The number of hydrogen-bond donors (Lipinski definition) is 0. The lowest BCUT2D eigenvalue weighted by molar-refractivity contribution is 0.590. The molecule has 0 N–H and O–H groups in total. The van der Waals surface area contributed by atoms with Gasteiger partial charge in [-0.15, -0.1) is 0 Å². The first-order chi connectivity index (χ1) is 9.39. The van der Waals surface area contributed by atoms with Crippen molar-refractivity contribution in [1.82, 2.24) is 9.78 Å². The van der Waals surface area contributed by atoms with Crippen LogP contribution >= 0.6 is 0 Å². The van der Waals surface area contributed by atoms with Gasteiger partial charge in [-0.2, -0.15) is 5.10 Å². The van der Waals surface area contributed by atoms with E-state index in [9.17, 15) is 8.42 Å². The van der Waals surface area contributed by atoms with Crippen LogP contribution in [-0.2, 0) is 17.1 Å². The van der Waals surface area contributed by atoms with E-state index in [0.29, 0.717) is 28.5 Å². The molecule has 0 aliphatic carbocycles. The van der Waals surface area contributed by atoms with Crippen molar-refractivity contribution in [1.29, 1.82) is 0 Å². The van der Waals surface area contributed by atoms with Crippen molar-refractivity contribution in [2.45, 2.75) is 25.7 Å². The van der Waals surface area contributed by atoms with Crippen LogP contribution in [0.25, 0.3) is 0 Å². The Morgan fingerprint density at radius 2 is 1.80 bits per heavy atom. The number of benzene rings is 1. The molecule has 1 aromatic heterocycles. The summed E-state index contributed by atoms with van der Waals surface area (Å²) >= 11 is 0. The van der Waals surface area contributed by atoms with Crippen molar-refractivity contribution < 1.29 is 8.42 Å². The number of rotatable bonds is 4. The zero-order chi connectivity index (χ0) is 14.9. The number of para-hydroxylation sites is 1. The maximum atomic E-state index is 12.9. The fourth-order valence-electron chi connectivity index (χ4n) is 2.32. The van der Waals surface area contributed by atoms with Gasteiger partial charge in [-0.3, -0.25) is 8.99 Å². The summed E-state index contributed by atoms with van der Waals surface area (Å²) in [5.74, 6) is 0. The van der Waals surface area contributed by atoms with E-state index in [1.807, 2.05) is 25.1 Å². The Morgan fingerprint density at radius 3 is 2.25 bits per heavy atom. The molecule has 0 bridgehead atoms. The van der Waals surface area contributed by atoms with Crippen molar-refractivity contribution in [2.75, 3.05) is 10.8 Å². The largest absolute Gasteiger partial charge is 0.271 e. The summed E-state index contributed by atoms with van der Waals surface area (Å²) in [4.78, 5) is 0.297. The van der Waals surface area contributed by atoms with Crippen molar-refractivity contribution in [3.63, 3.8) is 0 Å². The Balaban J connectivity index is 2.59. The Hall–Kier alpha value is -1.82. The molecule has 5 nitrogen and oxygen atoms in total. The lowest BCUT2D eigenvalue weighted by Crippen LogP contribution is -2.31. The SMILES string of the molecule is CCN(c1ccccc1)S(=O)(=O)c1c(C)nn(C)c1C. The van der Waals surface area contributed by atoms with E-state index in [1.165, 1.54) is 4.31 Å². The molecule has 2 aromatic rings. The maximum absolute atomic E-state index is 12.9. The van der Waals surface area contributed by atoms with Gasteiger partial charge in [0.05, 0.1) is 17.1 Å². The summed E-state index contributed by atoms with van der Waals surface area (Å²) in [6.07, 6.45) is 0. The van der Waals surface area contributed by atoms with Crippen molar-refractivity contribution in [2.24, 2.45) is 7.05 Å². The molecule has 0 atom stereocenters. The van der Waals surface area contributed by atoms with E-state index in [1.54, 1.807) is 37.7 Å². The molecule has 0 radical (unpaired) electrons. The second-order valence-corrected chi connectivity index (χ2v) is 6.43. The molecular formula is C14H19N3O2S. The lowest BCUT2D eigenvalue weighted by atomic mass is 10.3. The number of aromatic nitrogens is 2. The number of aryl methyl sites for hydroxylation is 2. The monoisotopic (exact) mass is 293 g/mol. The fourth-order valence-corrected chi connectivity index (χ4v) is 4.20. The van der Waals surface area contributed by atoms with Crippen LogP contribution < -0.4 is 4.31 Å². The molecule has 0 saturated heterocycles. The molecule has 0 fully saturated rings. The van der Waals surface area contributed by atoms with Crippen LogP contribution in [-0.4, -0.2) is 24.7 Å². The molecule has 0 unspecified atom stereocenters. The Labute approximate surface area is 119 Å². The third-order valence-electron chi connectivity index (χ3n) is 3.32. The molecule has 1 aromatic carbocycles. The minimum absolute atomic E-state index is 0.297. The Bertz CT molecular complexity index is 706. The van der Waals surface area contributed by atoms with Crippen LogP contribution in [0.5, 0.6) is 0 Å². The zero-order valence-corrected chi connectivity index (χ0v) is 13.0. The van der Waals surface area contributed by atoms with Crippen molar-refractivity contribution in [3.05, 3.63) is 41.7 Å². The van der Waals surface area contributed by atoms with Gasteiger partial charge in [0, 0.05) is 13.6 Å². The van der Waals surface area contributed by atoms with Crippen LogP contribution in [0.2, 0.25) is 0 Å². The van der Waals surface area contributed by atoms with Gasteiger partial charge in [0.15, 0.2) is 0 Å². The molecule has 1 heterocycles. The smallest absolute Gasteiger partial charge is 0.267 e.